The highest BCUT2D eigenvalue weighted by Gasteiger charge is 2.54. The molecule has 33 heavy (non-hydrogen) atoms. The van der Waals surface area contributed by atoms with Gasteiger partial charge in [-0.25, -0.2) is 14.6 Å². The lowest BCUT2D eigenvalue weighted by atomic mass is 10.0. The summed E-state index contributed by atoms with van der Waals surface area (Å²) in [5.41, 5.74) is 5.93. The number of ether oxygens (including phenoxy) is 3. The van der Waals surface area contributed by atoms with Crippen LogP contribution in [0.25, 0.3) is 0 Å². The van der Waals surface area contributed by atoms with Crippen molar-refractivity contribution in [1.82, 2.24) is 15.2 Å². The zero-order chi connectivity index (χ0) is 24.1. The van der Waals surface area contributed by atoms with E-state index in [9.17, 15) is 24.4 Å². The van der Waals surface area contributed by atoms with E-state index in [1.165, 1.54) is 33.8 Å². The van der Waals surface area contributed by atoms with Crippen molar-refractivity contribution in [3.63, 3.8) is 0 Å². The fourth-order valence-corrected chi connectivity index (χ4v) is 5.64. The summed E-state index contributed by atoms with van der Waals surface area (Å²) >= 11 is 3.87. The number of thiazole rings is 1. The molecule has 2 amide bonds. The number of hydrogen-bond donors (Lipinski definition) is 3. The zero-order valence-corrected chi connectivity index (χ0v) is 19.8. The first-order chi connectivity index (χ1) is 15.8. The third-order valence-corrected chi connectivity index (χ3v) is 7.11. The van der Waals surface area contributed by atoms with Gasteiger partial charge in [0.15, 0.2) is 10.8 Å². The molecule has 3 rings (SSSR count). The number of carbonyl (C=O) groups excluding carboxylic acids is 4. The zero-order valence-electron chi connectivity index (χ0n) is 17.3. The van der Waals surface area contributed by atoms with Gasteiger partial charge in [0, 0.05) is 16.9 Å². The van der Waals surface area contributed by atoms with E-state index in [1.54, 1.807) is 0 Å². The van der Waals surface area contributed by atoms with Crippen LogP contribution in [-0.4, -0.2) is 87.8 Å². The molecule has 0 aliphatic carbocycles. The highest BCUT2D eigenvalue weighted by Crippen LogP contribution is 2.41. The van der Waals surface area contributed by atoms with Crippen molar-refractivity contribution in [2.24, 2.45) is 5.16 Å². The van der Waals surface area contributed by atoms with Gasteiger partial charge in [0.05, 0.1) is 7.11 Å². The van der Waals surface area contributed by atoms with E-state index in [0.29, 0.717) is 17.1 Å². The Kier molecular flexibility index (Phi) is 8.04. The summed E-state index contributed by atoms with van der Waals surface area (Å²) in [7, 11) is 1.11. The Hall–Kier alpha value is -2.98. The molecule has 2 aliphatic heterocycles. The number of carbonyl (C=O) groups is 4. The van der Waals surface area contributed by atoms with Crippen molar-refractivity contribution in [1.29, 1.82) is 0 Å². The fourth-order valence-electron chi connectivity index (χ4n) is 3.03. The smallest absolute Gasteiger partial charge is 0.438 e. The number of rotatable bonds is 8. The number of nitrogens with one attached hydrogen (secondary N) is 1. The topological polar surface area (TPSA) is 183 Å². The summed E-state index contributed by atoms with van der Waals surface area (Å²) in [5, 5.41) is 15.8. The van der Waals surface area contributed by atoms with Gasteiger partial charge >= 0.3 is 12.1 Å². The van der Waals surface area contributed by atoms with Crippen molar-refractivity contribution in [2.75, 3.05) is 37.4 Å². The van der Waals surface area contributed by atoms with Crippen LogP contribution in [0.15, 0.2) is 21.8 Å². The number of β-lactam (4-membered cyclic amide) rings is 1. The predicted octanol–water partition coefficient (Wildman–Crippen LogP) is 0.204. The van der Waals surface area contributed by atoms with E-state index in [4.69, 9.17) is 10.5 Å². The SMILES string of the molecule is COC(=O)OCOC(=O)C1=C(CSC)CS[C@@H]2C(NC(=O)C(=NO)c3csc(N)n3)C(=O)N12. The minimum atomic E-state index is -1.02. The number of amides is 2. The Morgan fingerprint density at radius 2 is 2.18 bits per heavy atom. The number of esters is 1. The van der Waals surface area contributed by atoms with Crippen LogP contribution in [0, 0.1) is 0 Å². The molecule has 0 spiro atoms. The summed E-state index contributed by atoms with van der Waals surface area (Å²) in [5.74, 6) is -1.34. The van der Waals surface area contributed by atoms with Crippen LogP contribution in [-0.2, 0) is 28.6 Å². The van der Waals surface area contributed by atoms with Crippen LogP contribution < -0.4 is 11.1 Å². The molecule has 2 aliphatic rings. The maximum absolute atomic E-state index is 12.9. The third-order valence-electron chi connectivity index (χ3n) is 4.46. The predicted molar refractivity (Wildman–Crippen MR) is 120 cm³/mol. The first kappa shape index (κ1) is 24.7. The van der Waals surface area contributed by atoms with Gasteiger partial charge in [0.1, 0.15) is 22.8 Å². The number of hydrogen-bond acceptors (Lipinski definition) is 14. The van der Waals surface area contributed by atoms with E-state index in [1.807, 2.05) is 6.26 Å². The molecule has 0 radical (unpaired) electrons. The Bertz CT molecular complexity index is 1030. The summed E-state index contributed by atoms with van der Waals surface area (Å²) in [6, 6.07) is -0.972. The van der Waals surface area contributed by atoms with Crippen molar-refractivity contribution in [3.8, 4) is 0 Å². The lowest BCUT2D eigenvalue weighted by molar-refractivity contribution is -0.157. The first-order valence-electron chi connectivity index (χ1n) is 9.10. The van der Waals surface area contributed by atoms with Crippen LogP contribution in [0.1, 0.15) is 5.69 Å². The summed E-state index contributed by atoms with van der Waals surface area (Å²) in [6.45, 7) is -0.686. The fraction of sp³-hybridized carbons (Fsp3) is 0.412. The minimum Gasteiger partial charge on any atom is -0.438 e. The van der Waals surface area contributed by atoms with Gasteiger partial charge in [-0.15, -0.1) is 23.1 Å². The number of aromatic nitrogens is 1. The quantitative estimate of drug-likeness (QED) is 0.107. The molecule has 1 aromatic heterocycles. The Morgan fingerprint density at radius 1 is 1.42 bits per heavy atom. The van der Waals surface area contributed by atoms with Crippen molar-refractivity contribution in [3.05, 3.63) is 22.3 Å². The van der Waals surface area contributed by atoms with Crippen LogP contribution in [0.2, 0.25) is 0 Å². The third kappa shape index (κ3) is 5.17. The molecule has 4 N–H and O–H groups in total. The van der Waals surface area contributed by atoms with E-state index >= 15 is 0 Å². The average Bonchev–Trinajstić information content (AvgIpc) is 3.23. The first-order valence-corrected chi connectivity index (χ1v) is 12.4. The van der Waals surface area contributed by atoms with Crippen LogP contribution >= 0.6 is 34.9 Å². The number of nitrogens with two attached hydrogens (primary N) is 1. The van der Waals surface area contributed by atoms with Gasteiger partial charge in [-0.1, -0.05) is 5.16 Å². The summed E-state index contributed by atoms with van der Waals surface area (Å²) < 4.78 is 13.8. The Morgan fingerprint density at radius 3 is 2.79 bits per heavy atom. The number of fused-ring (bicyclic) bond motifs is 1. The number of nitrogens with zero attached hydrogens (tertiary/aromatic N) is 3. The highest BCUT2D eigenvalue weighted by molar-refractivity contribution is 8.00. The highest BCUT2D eigenvalue weighted by atomic mass is 32.2. The van der Waals surface area contributed by atoms with E-state index in [0.717, 1.165) is 18.4 Å². The van der Waals surface area contributed by atoms with E-state index in [2.05, 4.69) is 24.9 Å². The molecule has 16 heteroatoms. The van der Waals surface area contributed by atoms with Gasteiger partial charge in [0.2, 0.25) is 6.79 Å². The second kappa shape index (κ2) is 10.8. The van der Waals surface area contributed by atoms with Gasteiger partial charge in [-0.2, -0.15) is 11.8 Å². The number of methoxy groups -OCH3 is 1. The number of thioether (sulfide) groups is 2. The summed E-state index contributed by atoms with van der Waals surface area (Å²) in [4.78, 5) is 54.3. The molecule has 13 nitrogen and oxygen atoms in total. The number of anilines is 1. The molecule has 0 aromatic carbocycles. The second-order valence-electron chi connectivity index (χ2n) is 6.41. The molecule has 1 unspecified atom stereocenters. The van der Waals surface area contributed by atoms with Gasteiger partial charge < -0.3 is 30.5 Å². The van der Waals surface area contributed by atoms with Crippen LogP contribution in [0.3, 0.4) is 0 Å². The van der Waals surface area contributed by atoms with Crippen molar-refractivity contribution < 1.29 is 38.6 Å². The lowest BCUT2D eigenvalue weighted by Crippen LogP contribution is -2.71. The molecular formula is C17H19N5O8S3. The Labute approximate surface area is 199 Å². The molecule has 178 valence electrons. The van der Waals surface area contributed by atoms with Gasteiger partial charge in [-0.3, -0.25) is 14.5 Å². The molecule has 1 fully saturated rings. The maximum Gasteiger partial charge on any atom is 0.510 e. The number of nitrogen functional groups attached to an aromatic ring is 1. The minimum absolute atomic E-state index is 0.0420. The molecule has 0 saturated carbocycles. The van der Waals surface area contributed by atoms with Crippen LogP contribution in [0.5, 0.6) is 0 Å². The molecule has 1 aromatic rings. The van der Waals surface area contributed by atoms with E-state index < -0.39 is 47.9 Å². The molecular weight excluding hydrogens is 498 g/mol. The molecule has 0 bridgehead atoms. The van der Waals surface area contributed by atoms with Crippen molar-refractivity contribution in [2.45, 2.75) is 11.4 Å². The van der Waals surface area contributed by atoms with Gasteiger partial charge in [0.25, 0.3) is 11.8 Å². The molecule has 2 atom stereocenters. The monoisotopic (exact) mass is 517 g/mol. The number of oxime groups is 1. The second-order valence-corrected chi connectivity index (χ2v) is 9.27. The maximum atomic E-state index is 12.9. The standard InChI is InChI=1S/C17H19N5O8S3/c1-28-17(26)30-6-29-15(25)11-7(3-31-2)4-32-14-10(13(24)22(11)14)20-12(23)9(21-27)8-5-33-16(18)19-8/h5,10,14,27H,3-4,6H2,1-2H3,(H2,18,19)(H,20,23)/t10?,14-/m1/s1. The molecule has 1 saturated heterocycles. The average molecular weight is 518 g/mol. The molecule has 3 heterocycles. The normalized spacial score (nSPS) is 20.0. The lowest BCUT2D eigenvalue weighted by Gasteiger charge is -2.49. The van der Waals surface area contributed by atoms with E-state index in [-0.39, 0.29) is 16.5 Å². The van der Waals surface area contributed by atoms with Crippen molar-refractivity contribution >= 4 is 69.6 Å². The largest absolute Gasteiger partial charge is 0.510 e. The Balaban J connectivity index is 1.72. The summed E-state index contributed by atoms with van der Waals surface area (Å²) in [6.07, 6.45) is 0.818. The van der Waals surface area contributed by atoms with Crippen LogP contribution in [0.4, 0.5) is 9.93 Å². The van der Waals surface area contributed by atoms with Gasteiger partial charge in [-0.05, 0) is 11.8 Å².